The van der Waals surface area contributed by atoms with Gasteiger partial charge in [0.1, 0.15) is 18.1 Å². The second kappa shape index (κ2) is 17.8. The van der Waals surface area contributed by atoms with Crippen molar-refractivity contribution in [2.75, 3.05) is 18.6 Å². The topological polar surface area (TPSA) is 215 Å². The van der Waals surface area contributed by atoms with Gasteiger partial charge in [-0.3, -0.25) is 19.4 Å². The number of nitrogens with one attached hydrogen (secondary N) is 3. The first-order valence-electron chi connectivity index (χ1n) is 12.3. The fourth-order valence-corrected chi connectivity index (χ4v) is 3.85. The fourth-order valence-electron chi connectivity index (χ4n) is 3.38. The van der Waals surface area contributed by atoms with E-state index in [-0.39, 0.29) is 37.2 Å². The molecule has 0 heterocycles. The minimum Gasteiger partial charge on any atom is -0.480 e. The zero-order valence-corrected chi connectivity index (χ0v) is 22.9. The van der Waals surface area contributed by atoms with Gasteiger partial charge in [-0.1, -0.05) is 34.1 Å². The molecule has 0 saturated heterocycles. The number of carboxylic acids is 1. The van der Waals surface area contributed by atoms with Crippen LogP contribution in [0.4, 0.5) is 0 Å². The number of amides is 3. The third-order valence-corrected chi connectivity index (χ3v) is 6.30. The van der Waals surface area contributed by atoms with E-state index in [1.165, 1.54) is 11.8 Å². The van der Waals surface area contributed by atoms with Crippen molar-refractivity contribution in [3.8, 4) is 0 Å². The van der Waals surface area contributed by atoms with E-state index in [2.05, 4.69) is 20.9 Å². The molecule has 0 fully saturated rings. The number of aliphatic carboxylic acids is 1. The van der Waals surface area contributed by atoms with Gasteiger partial charge in [0.2, 0.25) is 17.7 Å². The Hall–Kier alpha value is -2.54. The number of rotatable bonds is 18. The number of guanidine groups is 1. The van der Waals surface area contributed by atoms with Crippen LogP contribution in [0.5, 0.6) is 0 Å². The summed E-state index contributed by atoms with van der Waals surface area (Å²) in [4.78, 5) is 54.4. The molecular formula is C23H45N7O5S. The quantitative estimate of drug-likeness (QED) is 0.0704. The summed E-state index contributed by atoms with van der Waals surface area (Å²) in [5.74, 6) is -2.38. The van der Waals surface area contributed by atoms with Crippen LogP contribution in [0.3, 0.4) is 0 Å². The summed E-state index contributed by atoms with van der Waals surface area (Å²) in [6.45, 7) is 7.82. The molecule has 0 aliphatic heterocycles. The summed E-state index contributed by atoms with van der Waals surface area (Å²) in [7, 11) is 0. The van der Waals surface area contributed by atoms with E-state index in [0.29, 0.717) is 25.0 Å². The monoisotopic (exact) mass is 531 g/mol. The fraction of sp³-hybridized carbons (Fsp3) is 0.783. The maximum atomic E-state index is 13.2. The van der Waals surface area contributed by atoms with Crippen LogP contribution in [0.2, 0.25) is 0 Å². The number of nitrogens with zero attached hydrogens (tertiary/aromatic N) is 1. The van der Waals surface area contributed by atoms with Crippen LogP contribution in [0.15, 0.2) is 4.99 Å². The number of carboxylic acid groups (broad SMARTS) is 1. The Morgan fingerprint density at radius 2 is 1.56 bits per heavy atom. The average Bonchev–Trinajstić information content (AvgIpc) is 2.80. The largest absolute Gasteiger partial charge is 0.480 e. The Kier molecular flexibility index (Phi) is 16.6. The van der Waals surface area contributed by atoms with Gasteiger partial charge in [0.25, 0.3) is 0 Å². The van der Waals surface area contributed by atoms with Crippen LogP contribution in [-0.2, 0) is 19.2 Å². The molecule has 208 valence electrons. The highest BCUT2D eigenvalue weighted by Gasteiger charge is 2.32. The van der Waals surface area contributed by atoms with Crippen molar-refractivity contribution >= 4 is 41.4 Å². The smallest absolute Gasteiger partial charge is 0.326 e. The number of thioether (sulfide) groups is 1. The molecule has 0 rings (SSSR count). The molecule has 0 aromatic heterocycles. The molecule has 0 aliphatic rings. The molecule has 0 saturated carbocycles. The molecule has 0 spiro atoms. The standard InChI is InChI=1S/C23H45N7O5S/c1-6-14(4)18(30-19(31)15(24)12-13(2)3)21(33)28-16(8-7-10-27-23(25)26)20(32)29-17(22(34)35)9-11-36-5/h13-18H,6-12,24H2,1-5H3,(H,28,33)(H,29,32)(H,30,31)(H,34,35)(H4,25,26,27). The molecule has 0 aromatic rings. The van der Waals surface area contributed by atoms with Crippen molar-refractivity contribution in [3.63, 3.8) is 0 Å². The van der Waals surface area contributed by atoms with Crippen molar-refractivity contribution in [3.05, 3.63) is 0 Å². The summed E-state index contributed by atoms with van der Waals surface area (Å²) in [6.07, 6.45) is 3.65. The van der Waals surface area contributed by atoms with Crippen LogP contribution in [0.25, 0.3) is 0 Å². The van der Waals surface area contributed by atoms with E-state index in [0.717, 1.165) is 0 Å². The molecule has 5 atom stereocenters. The van der Waals surface area contributed by atoms with E-state index in [4.69, 9.17) is 17.2 Å². The minimum atomic E-state index is -1.16. The van der Waals surface area contributed by atoms with Crippen LogP contribution in [0.1, 0.15) is 59.8 Å². The first kappa shape index (κ1) is 33.5. The number of nitrogens with two attached hydrogens (primary N) is 3. The van der Waals surface area contributed by atoms with Crippen LogP contribution < -0.4 is 33.2 Å². The van der Waals surface area contributed by atoms with Gasteiger partial charge in [0, 0.05) is 6.54 Å². The highest BCUT2D eigenvalue weighted by atomic mass is 32.2. The molecule has 0 radical (unpaired) electrons. The lowest BCUT2D eigenvalue weighted by Crippen LogP contribution is -2.58. The summed E-state index contributed by atoms with van der Waals surface area (Å²) in [5.41, 5.74) is 16.7. The number of carbonyl (C=O) groups excluding carboxylic acids is 3. The molecule has 0 bridgehead atoms. The van der Waals surface area contributed by atoms with Gasteiger partial charge < -0.3 is 38.3 Å². The summed E-state index contributed by atoms with van der Waals surface area (Å²) < 4.78 is 0. The van der Waals surface area contributed by atoms with Gasteiger partial charge in [-0.25, -0.2) is 4.79 Å². The van der Waals surface area contributed by atoms with E-state index in [1.807, 2.05) is 34.0 Å². The van der Waals surface area contributed by atoms with Crippen molar-refractivity contribution in [1.82, 2.24) is 16.0 Å². The zero-order valence-electron chi connectivity index (χ0n) is 22.1. The Bertz CT molecular complexity index is 746. The van der Waals surface area contributed by atoms with Gasteiger partial charge >= 0.3 is 5.97 Å². The third-order valence-electron chi connectivity index (χ3n) is 5.66. The molecule has 0 aromatic carbocycles. The molecule has 0 aliphatic carbocycles. The summed E-state index contributed by atoms with van der Waals surface area (Å²) >= 11 is 1.46. The molecule has 36 heavy (non-hydrogen) atoms. The Labute approximate surface area is 218 Å². The van der Waals surface area contributed by atoms with Crippen molar-refractivity contribution in [2.45, 2.75) is 84.0 Å². The van der Waals surface area contributed by atoms with Gasteiger partial charge in [-0.15, -0.1) is 0 Å². The second-order valence-corrected chi connectivity index (χ2v) is 10.3. The molecule has 5 unspecified atom stereocenters. The van der Waals surface area contributed by atoms with E-state index in [1.54, 1.807) is 0 Å². The highest BCUT2D eigenvalue weighted by molar-refractivity contribution is 7.98. The molecule has 12 nitrogen and oxygen atoms in total. The summed E-state index contributed by atoms with van der Waals surface area (Å²) in [6, 6.07) is -3.83. The number of aliphatic imine (C=N–C) groups is 1. The number of hydrogen-bond donors (Lipinski definition) is 7. The lowest BCUT2D eigenvalue weighted by Gasteiger charge is -2.28. The molecule has 10 N–H and O–H groups in total. The van der Waals surface area contributed by atoms with Gasteiger partial charge in [0.05, 0.1) is 6.04 Å². The van der Waals surface area contributed by atoms with Crippen molar-refractivity contribution in [1.29, 1.82) is 0 Å². The molecule has 3 amide bonds. The predicted octanol–water partition coefficient (Wildman–Crippen LogP) is -0.248. The summed E-state index contributed by atoms with van der Waals surface area (Å²) in [5, 5.41) is 17.4. The SMILES string of the molecule is CCC(C)C(NC(=O)C(N)CC(C)C)C(=O)NC(CCCN=C(N)N)C(=O)NC(CCSC)C(=O)O. The first-order chi connectivity index (χ1) is 16.8. The normalized spacial score (nSPS) is 15.2. The third kappa shape index (κ3) is 13.5. The predicted molar refractivity (Wildman–Crippen MR) is 143 cm³/mol. The van der Waals surface area contributed by atoms with Crippen molar-refractivity contribution < 1.29 is 24.3 Å². The van der Waals surface area contributed by atoms with Gasteiger partial charge in [-0.05, 0) is 49.5 Å². The minimum absolute atomic E-state index is 0.0969. The molecule has 13 heteroatoms. The maximum absolute atomic E-state index is 13.2. The lowest BCUT2D eigenvalue weighted by molar-refractivity contribution is -0.142. The Morgan fingerprint density at radius 3 is 2.06 bits per heavy atom. The highest BCUT2D eigenvalue weighted by Crippen LogP contribution is 2.11. The van der Waals surface area contributed by atoms with E-state index < -0.39 is 47.9 Å². The van der Waals surface area contributed by atoms with E-state index >= 15 is 0 Å². The number of hydrogen-bond acceptors (Lipinski definition) is 7. The van der Waals surface area contributed by atoms with Crippen LogP contribution in [-0.4, -0.2) is 77.5 Å². The average molecular weight is 532 g/mol. The van der Waals surface area contributed by atoms with Gasteiger partial charge in [0.15, 0.2) is 5.96 Å². The van der Waals surface area contributed by atoms with Crippen LogP contribution >= 0.6 is 11.8 Å². The van der Waals surface area contributed by atoms with E-state index in [9.17, 15) is 24.3 Å². The zero-order chi connectivity index (χ0) is 27.8. The Morgan fingerprint density at radius 1 is 0.944 bits per heavy atom. The first-order valence-corrected chi connectivity index (χ1v) is 13.7. The molecular weight excluding hydrogens is 486 g/mol. The van der Waals surface area contributed by atoms with Crippen LogP contribution in [0, 0.1) is 11.8 Å². The maximum Gasteiger partial charge on any atom is 0.326 e. The second-order valence-electron chi connectivity index (χ2n) is 9.30. The van der Waals surface area contributed by atoms with Gasteiger partial charge in [-0.2, -0.15) is 11.8 Å². The Balaban J connectivity index is 5.64. The van der Waals surface area contributed by atoms with Crippen molar-refractivity contribution in [2.24, 2.45) is 34.0 Å². The lowest BCUT2D eigenvalue weighted by atomic mass is 9.96. The number of carbonyl (C=O) groups is 4.